The highest BCUT2D eigenvalue weighted by Crippen LogP contribution is 2.42. The molecule has 1 heterocycles. The van der Waals surface area contributed by atoms with Gasteiger partial charge in [-0.1, -0.05) is 48.5 Å². The summed E-state index contributed by atoms with van der Waals surface area (Å²) in [4.78, 5) is 0. The summed E-state index contributed by atoms with van der Waals surface area (Å²) in [6.07, 6.45) is 2.70. The first kappa shape index (κ1) is 10.9. The van der Waals surface area contributed by atoms with Crippen LogP contribution < -0.4 is 0 Å². The fraction of sp³-hybridized carbons (Fsp3) is 0.222. The number of hydrogen-bond donors (Lipinski definition) is 0. The molecule has 0 atom stereocenters. The van der Waals surface area contributed by atoms with Crippen molar-refractivity contribution in [3.63, 3.8) is 0 Å². The molecule has 0 aliphatic heterocycles. The minimum atomic E-state index is 0.788. The standard InChI is InChI=1S/C18H17N/c1-2-6-14(7-3-1)13-19-17-9-5-4-8-16(17)12-18(19)15-10-11-15/h1-9,12,15H,10-11,13H2. The summed E-state index contributed by atoms with van der Waals surface area (Å²) in [6, 6.07) is 21.9. The predicted molar refractivity (Wildman–Crippen MR) is 79.5 cm³/mol. The van der Waals surface area contributed by atoms with Crippen LogP contribution >= 0.6 is 0 Å². The number of benzene rings is 2. The van der Waals surface area contributed by atoms with Crippen LogP contribution in [0.1, 0.15) is 30.0 Å². The van der Waals surface area contributed by atoms with Crippen LogP contribution in [0.15, 0.2) is 60.7 Å². The minimum Gasteiger partial charge on any atom is -0.340 e. The van der Waals surface area contributed by atoms with Crippen LogP contribution in [0.5, 0.6) is 0 Å². The van der Waals surface area contributed by atoms with Gasteiger partial charge >= 0.3 is 0 Å². The summed E-state index contributed by atoms with van der Waals surface area (Å²) in [5.41, 5.74) is 4.27. The fourth-order valence-corrected chi connectivity index (χ4v) is 2.89. The van der Waals surface area contributed by atoms with Crippen LogP contribution in [0.2, 0.25) is 0 Å². The lowest BCUT2D eigenvalue weighted by Gasteiger charge is -2.10. The lowest BCUT2D eigenvalue weighted by Crippen LogP contribution is -2.03. The average molecular weight is 247 g/mol. The van der Waals surface area contributed by atoms with Crippen molar-refractivity contribution in [1.82, 2.24) is 4.57 Å². The minimum absolute atomic E-state index is 0.788. The third kappa shape index (κ3) is 1.95. The van der Waals surface area contributed by atoms with Gasteiger partial charge in [0.2, 0.25) is 0 Å². The molecule has 1 heteroatoms. The molecular formula is C18H17N. The Hall–Kier alpha value is -2.02. The van der Waals surface area contributed by atoms with Crippen LogP contribution in [0.25, 0.3) is 10.9 Å². The molecule has 1 saturated carbocycles. The molecule has 0 N–H and O–H groups in total. The smallest absolute Gasteiger partial charge is 0.0485 e. The van der Waals surface area contributed by atoms with Gasteiger partial charge in [0, 0.05) is 17.8 Å². The second-order valence-corrected chi connectivity index (χ2v) is 5.47. The zero-order valence-corrected chi connectivity index (χ0v) is 10.9. The van der Waals surface area contributed by atoms with Crippen LogP contribution in [-0.2, 0) is 6.54 Å². The molecule has 1 aliphatic rings. The number of nitrogens with zero attached hydrogens (tertiary/aromatic N) is 1. The predicted octanol–water partition coefficient (Wildman–Crippen LogP) is 4.57. The molecular weight excluding hydrogens is 230 g/mol. The Morgan fingerprint density at radius 3 is 2.42 bits per heavy atom. The quantitative estimate of drug-likeness (QED) is 0.639. The molecule has 0 saturated heterocycles. The second-order valence-electron chi connectivity index (χ2n) is 5.47. The Kier molecular flexibility index (Phi) is 2.44. The number of para-hydroxylation sites is 1. The number of aromatic nitrogens is 1. The monoisotopic (exact) mass is 247 g/mol. The van der Waals surface area contributed by atoms with Crippen molar-refractivity contribution in [1.29, 1.82) is 0 Å². The van der Waals surface area contributed by atoms with Crippen molar-refractivity contribution in [3.05, 3.63) is 71.9 Å². The highest BCUT2D eigenvalue weighted by atomic mass is 15.0. The summed E-state index contributed by atoms with van der Waals surface area (Å²) >= 11 is 0. The third-order valence-electron chi connectivity index (χ3n) is 4.02. The lowest BCUT2D eigenvalue weighted by molar-refractivity contribution is 0.771. The number of fused-ring (bicyclic) bond motifs is 1. The molecule has 1 aromatic heterocycles. The molecule has 0 spiro atoms. The van der Waals surface area contributed by atoms with Crippen molar-refractivity contribution in [2.75, 3.05) is 0 Å². The van der Waals surface area contributed by atoms with Gasteiger partial charge < -0.3 is 4.57 Å². The zero-order valence-electron chi connectivity index (χ0n) is 10.9. The van der Waals surface area contributed by atoms with Crippen molar-refractivity contribution < 1.29 is 0 Å². The van der Waals surface area contributed by atoms with Crippen molar-refractivity contribution in [2.45, 2.75) is 25.3 Å². The highest BCUT2D eigenvalue weighted by Gasteiger charge is 2.27. The van der Waals surface area contributed by atoms with E-state index < -0.39 is 0 Å². The van der Waals surface area contributed by atoms with Gasteiger partial charge in [0.15, 0.2) is 0 Å². The molecule has 0 bridgehead atoms. The van der Waals surface area contributed by atoms with E-state index in [4.69, 9.17) is 0 Å². The van der Waals surface area contributed by atoms with E-state index >= 15 is 0 Å². The highest BCUT2D eigenvalue weighted by molar-refractivity contribution is 5.81. The molecule has 0 amide bonds. The van der Waals surface area contributed by atoms with Crippen molar-refractivity contribution in [2.24, 2.45) is 0 Å². The molecule has 0 unspecified atom stereocenters. The number of hydrogen-bond acceptors (Lipinski definition) is 0. The first-order valence-corrected chi connectivity index (χ1v) is 7.04. The van der Waals surface area contributed by atoms with E-state index in [1.54, 1.807) is 0 Å². The van der Waals surface area contributed by atoms with Gasteiger partial charge in [0.1, 0.15) is 0 Å². The molecule has 0 radical (unpaired) electrons. The summed E-state index contributed by atoms with van der Waals surface area (Å²) < 4.78 is 2.50. The molecule has 2 aromatic carbocycles. The Morgan fingerprint density at radius 2 is 1.63 bits per heavy atom. The first-order valence-electron chi connectivity index (χ1n) is 7.04. The van der Waals surface area contributed by atoms with E-state index in [9.17, 15) is 0 Å². The van der Waals surface area contributed by atoms with Crippen LogP contribution in [-0.4, -0.2) is 4.57 Å². The van der Waals surface area contributed by atoms with Crippen molar-refractivity contribution in [3.8, 4) is 0 Å². The van der Waals surface area contributed by atoms with Crippen LogP contribution in [0.4, 0.5) is 0 Å². The molecule has 4 rings (SSSR count). The molecule has 94 valence electrons. The van der Waals surface area contributed by atoms with Gasteiger partial charge in [-0.3, -0.25) is 0 Å². The van der Waals surface area contributed by atoms with Gasteiger partial charge in [0.25, 0.3) is 0 Å². The van der Waals surface area contributed by atoms with Gasteiger partial charge in [-0.25, -0.2) is 0 Å². The van der Waals surface area contributed by atoms with Gasteiger partial charge in [-0.05, 0) is 41.8 Å². The maximum absolute atomic E-state index is 2.50. The van der Waals surface area contributed by atoms with Gasteiger partial charge in [-0.2, -0.15) is 0 Å². The zero-order chi connectivity index (χ0) is 12.7. The summed E-state index contributed by atoms with van der Waals surface area (Å²) in [6.45, 7) is 0.986. The molecule has 1 fully saturated rings. The molecule has 1 nitrogen and oxygen atoms in total. The van der Waals surface area contributed by atoms with Gasteiger partial charge in [-0.15, -0.1) is 0 Å². The number of rotatable bonds is 3. The Morgan fingerprint density at radius 1 is 0.895 bits per heavy atom. The fourth-order valence-electron chi connectivity index (χ4n) is 2.89. The van der Waals surface area contributed by atoms with E-state index in [1.807, 2.05) is 0 Å². The maximum atomic E-state index is 2.50. The van der Waals surface area contributed by atoms with E-state index in [0.717, 1.165) is 12.5 Å². The summed E-state index contributed by atoms with van der Waals surface area (Å²) in [5, 5.41) is 1.38. The largest absolute Gasteiger partial charge is 0.340 e. The van der Waals surface area contributed by atoms with E-state index in [2.05, 4.69) is 65.2 Å². The van der Waals surface area contributed by atoms with E-state index in [0.29, 0.717) is 0 Å². The average Bonchev–Trinajstić information content (AvgIpc) is 3.24. The normalized spacial score (nSPS) is 14.9. The second kappa shape index (κ2) is 4.27. The summed E-state index contributed by atoms with van der Waals surface area (Å²) in [5.74, 6) is 0.788. The SMILES string of the molecule is c1ccc(Cn2c(C3CC3)cc3ccccc32)cc1. The summed E-state index contributed by atoms with van der Waals surface area (Å²) in [7, 11) is 0. The Labute approximate surface area is 113 Å². The Bertz CT molecular complexity index is 705. The Balaban J connectivity index is 1.84. The van der Waals surface area contributed by atoms with Crippen LogP contribution in [0, 0.1) is 0 Å². The van der Waals surface area contributed by atoms with E-state index in [1.165, 1.54) is 35.0 Å². The third-order valence-corrected chi connectivity index (χ3v) is 4.02. The maximum Gasteiger partial charge on any atom is 0.0485 e. The van der Waals surface area contributed by atoms with Crippen molar-refractivity contribution >= 4 is 10.9 Å². The topological polar surface area (TPSA) is 4.93 Å². The molecule has 3 aromatic rings. The lowest BCUT2D eigenvalue weighted by atomic mass is 10.2. The molecule has 19 heavy (non-hydrogen) atoms. The first-order chi connectivity index (χ1) is 9.42. The van der Waals surface area contributed by atoms with Crippen LogP contribution in [0.3, 0.4) is 0 Å². The van der Waals surface area contributed by atoms with Gasteiger partial charge in [0.05, 0.1) is 0 Å². The van der Waals surface area contributed by atoms with E-state index in [-0.39, 0.29) is 0 Å². The molecule has 1 aliphatic carbocycles.